The number of carbonyl (C=O) groups is 2. The van der Waals surface area contributed by atoms with E-state index < -0.39 is 29.4 Å². The van der Waals surface area contributed by atoms with Gasteiger partial charge in [0.1, 0.15) is 21.7 Å². The molecule has 0 unspecified atom stereocenters. The van der Waals surface area contributed by atoms with Crippen molar-refractivity contribution in [2.45, 2.75) is 12.6 Å². The number of alkyl halides is 3. The van der Waals surface area contributed by atoms with Gasteiger partial charge in [-0.25, -0.2) is 4.39 Å². The number of carbonyl (C=O) groups excluding carboxylic acids is 1. The Hall–Kier alpha value is -2.70. The minimum atomic E-state index is -4.85. The molecule has 0 radical (unpaired) electrons. The highest BCUT2D eigenvalue weighted by Crippen LogP contribution is 2.36. The van der Waals surface area contributed by atoms with Gasteiger partial charge in [-0.2, -0.15) is 13.2 Å². The average Bonchev–Trinajstić information content (AvgIpc) is 3.27. The molecule has 0 saturated carbocycles. The Morgan fingerprint density at radius 3 is 2.69 bits per heavy atom. The van der Waals surface area contributed by atoms with Crippen LogP contribution in [0.15, 0.2) is 39.7 Å². The van der Waals surface area contributed by atoms with Gasteiger partial charge in [-0.1, -0.05) is 24.0 Å². The summed E-state index contributed by atoms with van der Waals surface area (Å²) in [6.45, 7) is 0.249. The molecule has 1 aromatic heterocycles. The number of ether oxygens (including phenoxy) is 1. The maximum absolute atomic E-state index is 13.5. The van der Waals surface area contributed by atoms with Crippen molar-refractivity contribution < 1.29 is 41.4 Å². The molecule has 1 aromatic carbocycles. The zero-order chi connectivity index (χ0) is 23.5. The number of rotatable bonds is 8. The van der Waals surface area contributed by atoms with Crippen LogP contribution in [0.1, 0.15) is 17.7 Å². The Labute approximate surface area is 188 Å². The first kappa shape index (κ1) is 24.0. The predicted octanol–water partition coefficient (Wildman–Crippen LogP) is 4.80. The van der Waals surface area contributed by atoms with E-state index in [9.17, 15) is 27.2 Å². The van der Waals surface area contributed by atoms with Crippen molar-refractivity contribution in [3.63, 3.8) is 0 Å². The molecule has 32 heavy (non-hydrogen) atoms. The van der Waals surface area contributed by atoms with Gasteiger partial charge in [-0.3, -0.25) is 14.5 Å². The molecule has 1 amide bonds. The summed E-state index contributed by atoms with van der Waals surface area (Å²) in [4.78, 5) is 24.6. The fourth-order valence-electron chi connectivity index (χ4n) is 2.72. The monoisotopic (exact) mass is 489 g/mol. The zero-order valence-electron chi connectivity index (χ0n) is 16.1. The van der Waals surface area contributed by atoms with E-state index in [4.69, 9.17) is 26.5 Å². The number of carboxylic acid groups (broad SMARTS) is 1. The predicted molar refractivity (Wildman–Crippen MR) is 112 cm³/mol. The molecule has 6 nitrogen and oxygen atoms in total. The fraction of sp³-hybridized carbons (Fsp3) is 0.250. The third-order valence-corrected chi connectivity index (χ3v) is 5.63. The Morgan fingerprint density at radius 2 is 2.00 bits per heavy atom. The van der Waals surface area contributed by atoms with E-state index in [2.05, 4.69) is 0 Å². The summed E-state index contributed by atoms with van der Waals surface area (Å²) >= 11 is 6.20. The van der Waals surface area contributed by atoms with Crippen molar-refractivity contribution >= 4 is 46.3 Å². The van der Waals surface area contributed by atoms with E-state index in [0.717, 1.165) is 17.8 Å². The first-order valence-electron chi connectivity index (χ1n) is 9.08. The van der Waals surface area contributed by atoms with E-state index in [1.807, 2.05) is 0 Å². The van der Waals surface area contributed by atoms with Gasteiger partial charge in [0.2, 0.25) is 0 Å². The van der Waals surface area contributed by atoms with Crippen molar-refractivity contribution in [1.29, 1.82) is 0 Å². The smallest absolute Gasteiger partial charge is 0.419 e. The number of halogens is 4. The lowest BCUT2D eigenvalue weighted by molar-refractivity contribution is -0.140. The molecule has 1 N–H and O–H groups in total. The third-order valence-electron chi connectivity index (χ3n) is 4.25. The highest BCUT2D eigenvalue weighted by atomic mass is 32.2. The van der Waals surface area contributed by atoms with Crippen LogP contribution in [-0.4, -0.2) is 46.0 Å². The molecule has 1 fully saturated rings. The quantitative estimate of drug-likeness (QED) is 0.247. The second kappa shape index (κ2) is 9.84. The lowest BCUT2D eigenvalue weighted by atomic mass is 10.1. The summed E-state index contributed by atoms with van der Waals surface area (Å²) in [5.41, 5.74) is -1.37. The molecule has 0 spiro atoms. The van der Waals surface area contributed by atoms with E-state index in [0.29, 0.717) is 12.1 Å². The molecule has 2 heterocycles. The summed E-state index contributed by atoms with van der Waals surface area (Å²) in [7, 11) is 0. The van der Waals surface area contributed by atoms with Crippen LogP contribution >= 0.6 is 24.0 Å². The summed E-state index contributed by atoms with van der Waals surface area (Å²) in [6.07, 6.45) is -3.60. The van der Waals surface area contributed by atoms with Crippen molar-refractivity contribution in [2.75, 3.05) is 19.8 Å². The number of thiocarbonyl (C=S) groups is 1. The molecule has 2 aromatic rings. The summed E-state index contributed by atoms with van der Waals surface area (Å²) in [5, 5.41) is 8.57. The van der Waals surface area contributed by atoms with Crippen LogP contribution in [0.4, 0.5) is 17.6 Å². The normalized spacial score (nSPS) is 15.8. The number of nitrogens with zero attached hydrogens (tertiary/aromatic N) is 1. The lowest BCUT2D eigenvalue weighted by Gasteiger charge is -2.14. The zero-order valence-corrected chi connectivity index (χ0v) is 17.8. The van der Waals surface area contributed by atoms with Gasteiger partial charge in [0, 0.05) is 11.6 Å². The number of hydrogen-bond acceptors (Lipinski definition) is 6. The van der Waals surface area contributed by atoms with Crippen molar-refractivity contribution in [1.82, 2.24) is 4.90 Å². The molecule has 1 aliphatic rings. The van der Waals surface area contributed by atoms with Crippen LogP contribution in [0.5, 0.6) is 0 Å². The van der Waals surface area contributed by atoms with E-state index in [-0.39, 0.29) is 52.5 Å². The van der Waals surface area contributed by atoms with Crippen LogP contribution < -0.4 is 0 Å². The molecule has 0 bridgehead atoms. The van der Waals surface area contributed by atoms with Crippen LogP contribution in [-0.2, 0) is 20.5 Å². The lowest BCUT2D eigenvalue weighted by Crippen LogP contribution is -2.31. The van der Waals surface area contributed by atoms with Gasteiger partial charge in [-0.05, 0) is 30.3 Å². The van der Waals surface area contributed by atoms with E-state index in [1.54, 1.807) is 0 Å². The van der Waals surface area contributed by atoms with Gasteiger partial charge in [0.15, 0.2) is 0 Å². The number of amides is 1. The maximum atomic E-state index is 13.5. The second-order valence-electron chi connectivity index (χ2n) is 6.48. The Bertz CT molecular complexity index is 1080. The van der Waals surface area contributed by atoms with Gasteiger partial charge >= 0.3 is 12.1 Å². The van der Waals surface area contributed by atoms with Crippen LogP contribution in [0, 0.1) is 5.82 Å². The number of aliphatic carboxylic acids is 1. The van der Waals surface area contributed by atoms with Crippen LogP contribution in [0.2, 0.25) is 0 Å². The molecule has 170 valence electrons. The summed E-state index contributed by atoms with van der Waals surface area (Å²) in [5.74, 6) is -2.50. The number of hydrogen-bond donors (Lipinski definition) is 1. The number of benzene rings is 1. The number of carboxylic acids is 1. The molecule has 0 aliphatic carbocycles. The Balaban J connectivity index is 1.69. The van der Waals surface area contributed by atoms with E-state index >= 15 is 0 Å². The molecular weight excluding hydrogens is 474 g/mol. The number of thioether (sulfide) groups is 1. The minimum Gasteiger partial charge on any atom is -0.481 e. The van der Waals surface area contributed by atoms with Crippen molar-refractivity contribution in [3.8, 4) is 11.3 Å². The highest BCUT2D eigenvalue weighted by molar-refractivity contribution is 8.26. The highest BCUT2D eigenvalue weighted by Gasteiger charge is 2.35. The first-order valence-corrected chi connectivity index (χ1v) is 10.3. The first-order chi connectivity index (χ1) is 15.1. The largest absolute Gasteiger partial charge is 0.481 e. The number of furan rings is 1. The van der Waals surface area contributed by atoms with Crippen molar-refractivity contribution in [3.05, 3.63) is 52.4 Å². The summed E-state index contributed by atoms with van der Waals surface area (Å²) in [6, 6.07) is 5.41. The van der Waals surface area contributed by atoms with Crippen LogP contribution in [0.3, 0.4) is 0 Å². The second-order valence-corrected chi connectivity index (χ2v) is 8.16. The molecule has 0 atom stereocenters. The van der Waals surface area contributed by atoms with Gasteiger partial charge in [0.05, 0.1) is 36.6 Å². The average molecular weight is 489 g/mol. The van der Waals surface area contributed by atoms with Gasteiger partial charge in [-0.15, -0.1) is 0 Å². The third kappa shape index (κ3) is 5.75. The van der Waals surface area contributed by atoms with E-state index in [1.165, 1.54) is 23.1 Å². The molecular formula is C20H15F4NO5S2. The Kier molecular flexibility index (Phi) is 7.36. The van der Waals surface area contributed by atoms with Crippen LogP contribution in [0.25, 0.3) is 17.4 Å². The molecule has 3 rings (SSSR count). The minimum absolute atomic E-state index is 0.00851. The molecule has 1 saturated heterocycles. The standard InChI is InChI=1S/C20H15F4NO5S2/c21-14-3-1-11(9-13(14)20(22,23)24)15-4-2-12(30-15)10-16-18(28)25(19(31)32-16)6-8-29-7-5-17(26)27/h1-4,9-10H,5-8H2,(H,26,27). The van der Waals surface area contributed by atoms with Gasteiger partial charge in [0.25, 0.3) is 5.91 Å². The van der Waals surface area contributed by atoms with Crippen molar-refractivity contribution in [2.24, 2.45) is 0 Å². The fourth-order valence-corrected chi connectivity index (χ4v) is 4.01. The molecule has 12 heteroatoms. The maximum Gasteiger partial charge on any atom is 0.419 e. The topological polar surface area (TPSA) is 80.0 Å². The summed E-state index contributed by atoms with van der Waals surface area (Å²) < 4.78 is 63.2. The molecule has 1 aliphatic heterocycles. The Morgan fingerprint density at radius 1 is 1.25 bits per heavy atom. The van der Waals surface area contributed by atoms with Gasteiger partial charge < -0.3 is 14.3 Å². The SMILES string of the molecule is O=C(O)CCOCCN1C(=O)C(=Cc2ccc(-c3ccc(F)c(C(F)(F)F)c3)o2)SC1=S.